The van der Waals surface area contributed by atoms with Crippen LogP contribution in [0.1, 0.15) is 12.5 Å². The fraction of sp³-hybridized carbons (Fsp3) is 0.500. The highest BCUT2D eigenvalue weighted by Crippen LogP contribution is 2.19. The van der Waals surface area contributed by atoms with Crippen molar-refractivity contribution in [1.29, 1.82) is 0 Å². The molecule has 15 heavy (non-hydrogen) atoms. The highest BCUT2D eigenvalue weighted by Gasteiger charge is 2.07. The van der Waals surface area contributed by atoms with Gasteiger partial charge in [-0.15, -0.1) is 0 Å². The second-order valence-corrected chi connectivity index (χ2v) is 3.99. The molecule has 0 radical (unpaired) electrons. The molecule has 0 aliphatic rings. The summed E-state index contributed by atoms with van der Waals surface area (Å²) in [6, 6.07) is 1.63. The highest BCUT2D eigenvalue weighted by molar-refractivity contribution is 6.34. The van der Waals surface area contributed by atoms with E-state index < -0.39 is 0 Å². The van der Waals surface area contributed by atoms with Crippen molar-refractivity contribution >= 4 is 23.2 Å². The first-order valence-corrected chi connectivity index (χ1v) is 5.56. The molecule has 0 aromatic carbocycles. The van der Waals surface area contributed by atoms with Gasteiger partial charge in [0.2, 0.25) is 0 Å². The topological polar surface area (TPSA) is 36.4 Å². The average Bonchev–Trinajstić information content (AvgIpc) is 2.21. The average molecular weight is 249 g/mol. The van der Waals surface area contributed by atoms with Gasteiger partial charge in [-0.2, -0.15) is 0 Å². The maximum atomic E-state index is 8.85. The van der Waals surface area contributed by atoms with Gasteiger partial charge in [0.15, 0.2) is 0 Å². The van der Waals surface area contributed by atoms with Crippen LogP contribution in [0.25, 0.3) is 0 Å². The minimum atomic E-state index is 0.145. The number of likely N-dealkylation sites (N-methyl/N-ethyl adjacent to an activating group) is 1. The monoisotopic (exact) mass is 248 g/mol. The molecule has 1 heterocycles. The Labute approximate surface area is 99.6 Å². The summed E-state index contributed by atoms with van der Waals surface area (Å²) >= 11 is 11.7. The summed E-state index contributed by atoms with van der Waals surface area (Å²) in [5.74, 6) is 0. The van der Waals surface area contributed by atoms with Crippen LogP contribution in [0.3, 0.4) is 0 Å². The first-order valence-electron chi connectivity index (χ1n) is 4.80. The molecule has 0 spiro atoms. The SMILES string of the molecule is CCN(CCO)Cc1cnc(Cl)cc1Cl. The van der Waals surface area contributed by atoms with Crippen molar-refractivity contribution in [1.82, 2.24) is 9.88 Å². The Morgan fingerprint density at radius 1 is 1.47 bits per heavy atom. The molecule has 0 unspecified atom stereocenters. The molecule has 84 valence electrons. The molecule has 1 rings (SSSR count). The molecule has 0 saturated heterocycles. The molecule has 0 atom stereocenters. The predicted molar refractivity (Wildman–Crippen MR) is 62.3 cm³/mol. The van der Waals surface area contributed by atoms with E-state index in [4.69, 9.17) is 28.3 Å². The third kappa shape index (κ3) is 3.95. The van der Waals surface area contributed by atoms with Gasteiger partial charge in [-0.05, 0) is 12.6 Å². The Hall–Kier alpha value is -0.350. The number of aliphatic hydroxyl groups excluding tert-OH is 1. The van der Waals surface area contributed by atoms with Crippen molar-refractivity contribution < 1.29 is 5.11 Å². The van der Waals surface area contributed by atoms with Gasteiger partial charge in [-0.25, -0.2) is 4.98 Å². The van der Waals surface area contributed by atoms with Gasteiger partial charge in [0, 0.05) is 29.9 Å². The first-order chi connectivity index (χ1) is 7.17. The molecule has 0 aliphatic carbocycles. The summed E-state index contributed by atoms with van der Waals surface area (Å²) < 4.78 is 0. The summed E-state index contributed by atoms with van der Waals surface area (Å²) in [5.41, 5.74) is 0.927. The van der Waals surface area contributed by atoms with Crippen LogP contribution in [0.15, 0.2) is 12.3 Å². The van der Waals surface area contributed by atoms with Gasteiger partial charge in [0.25, 0.3) is 0 Å². The van der Waals surface area contributed by atoms with E-state index in [0.29, 0.717) is 23.3 Å². The minimum absolute atomic E-state index is 0.145. The van der Waals surface area contributed by atoms with Crippen molar-refractivity contribution in [2.45, 2.75) is 13.5 Å². The highest BCUT2D eigenvalue weighted by atomic mass is 35.5. The van der Waals surface area contributed by atoms with Gasteiger partial charge in [-0.3, -0.25) is 4.90 Å². The van der Waals surface area contributed by atoms with Crippen LogP contribution in [0.5, 0.6) is 0 Å². The molecule has 0 amide bonds. The summed E-state index contributed by atoms with van der Waals surface area (Å²) in [5, 5.41) is 9.86. The summed E-state index contributed by atoms with van der Waals surface area (Å²) in [4.78, 5) is 6.06. The van der Waals surface area contributed by atoms with E-state index in [1.165, 1.54) is 0 Å². The molecule has 5 heteroatoms. The molecule has 0 bridgehead atoms. The van der Waals surface area contributed by atoms with Crippen LogP contribution in [0.2, 0.25) is 10.2 Å². The Morgan fingerprint density at radius 2 is 2.20 bits per heavy atom. The molecular formula is C10H14Cl2N2O. The van der Waals surface area contributed by atoms with Crippen molar-refractivity contribution in [3.63, 3.8) is 0 Å². The van der Waals surface area contributed by atoms with Gasteiger partial charge >= 0.3 is 0 Å². The van der Waals surface area contributed by atoms with E-state index in [1.54, 1.807) is 12.3 Å². The Morgan fingerprint density at radius 3 is 2.73 bits per heavy atom. The van der Waals surface area contributed by atoms with E-state index in [2.05, 4.69) is 9.88 Å². The zero-order valence-corrected chi connectivity index (χ0v) is 10.1. The minimum Gasteiger partial charge on any atom is -0.395 e. The van der Waals surface area contributed by atoms with E-state index in [-0.39, 0.29) is 6.61 Å². The van der Waals surface area contributed by atoms with Crippen LogP contribution in [-0.2, 0) is 6.54 Å². The van der Waals surface area contributed by atoms with Crippen LogP contribution in [0.4, 0.5) is 0 Å². The van der Waals surface area contributed by atoms with Crippen molar-refractivity contribution in [3.8, 4) is 0 Å². The van der Waals surface area contributed by atoms with Crippen LogP contribution in [-0.4, -0.2) is 34.7 Å². The van der Waals surface area contributed by atoms with Crippen LogP contribution < -0.4 is 0 Å². The van der Waals surface area contributed by atoms with Gasteiger partial charge < -0.3 is 5.11 Å². The number of rotatable bonds is 5. The lowest BCUT2D eigenvalue weighted by molar-refractivity contribution is 0.196. The number of aromatic nitrogens is 1. The number of hydrogen-bond donors (Lipinski definition) is 1. The fourth-order valence-electron chi connectivity index (χ4n) is 1.28. The lowest BCUT2D eigenvalue weighted by Crippen LogP contribution is -2.26. The molecular weight excluding hydrogens is 235 g/mol. The van der Waals surface area contributed by atoms with Gasteiger partial charge in [-0.1, -0.05) is 30.1 Å². The standard InChI is InChI=1S/C10H14Cl2N2O/c1-2-14(3-4-15)7-8-6-13-10(12)5-9(8)11/h5-6,15H,2-4,7H2,1H3. The van der Waals surface area contributed by atoms with E-state index in [9.17, 15) is 0 Å². The number of hydrogen-bond acceptors (Lipinski definition) is 3. The third-order valence-corrected chi connectivity index (χ3v) is 2.71. The fourth-order valence-corrected chi connectivity index (χ4v) is 1.71. The normalized spacial score (nSPS) is 11.0. The zero-order valence-electron chi connectivity index (χ0n) is 8.58. The third-order valence-electron chi connectivity index (χ3n) is 2.15. The zero-order chi connectivity index (χ0) is 11.3. The Bertz CT molecular complexity index is 320. The predicted octanol–water partition coefficient (Wildman–Crippen LogP) is 2.20. The van der Waals surface area contributed by atoms with Crippen molar-refractivity contribution in [3.05, 3.63) is 28.0 Å². The summed E-state index contributed by atoms with van der Waals surface area (Å²) in [6.45, 7) is 4.36. The second kappa shape index (κ2) is 6.28. The number of nitrogens with zero attached hydrogens (tertiary/aromatic N) is 2. The maximum Gasteiger partial charge on any atom is 0.130 e. The number of halogens is 2. The quantitative estimate of drug-likeness (QED) is 0.813. The van der Waals surface area contributed by atoms with Crippen molar-refractivity contribution in [2.24, 2.45) is 0 Å². The van der Waals surface area contributed by atoms with E-state index >= 15 is 0 Å². The first kappa shape index (κ1) is 12.7. The molecule has 1 aromatic heterocycles. The summed E-state index contributed by atoms with van der Waals surface area (Å²) in [7, 11) is 0. The number of aliphatic hydroxyl groups is 1. The second-order valence-electron chi connectivity index (χ2n) is 3.19. The molecule has 1 aromatic rings. The Balaban J connectivity index is 2.70. The number of pyridine rings is 1. The molecule has 0 fully saturated rings. The lowest BCUT2D eigenvalue weighted by atomic mass is 10.2. The lowest BCUT2D eigenvalue weighted by Gasteiger charge is -2.19. The van der Waals surface area contributed by atoms with E-state index in [0.717, 1.165) is 12.1 Å². The van der Waals surface area contributed by atoms with Crippen molar-refractivity contribution in [2.75, 3.05) is 19.7 Å². The molecule has 0 aliphatic heterocycles. The largest absolute Gasteiger partial charge is 0.395 e. The van der Waals surface area contributed by atoms with Gasteiger partial charge in [0.05, 0.1) is 6.61 Å². The molecule has 1 N–H and O–H groups in total. The smallest absolute Gasteiger partial charge is 0.130 e. The van der Waals surface area contributed by atoms with Gasteiger partial charge in [0.1, 0.15) is 5.15 Å². The van der Waals surface area contributed by atoms with Crippen LogP contribution in [0, 0.1) is 0 Å². The maximum absolute atomic E-state index is 8.85. The molecule has 0 saturated carbocycles. The molecule has 3 nitrogen and oxygen atoms in total. The van der Waals surface area contributed by atoms with E-state index in [1.807, 2.05) is 6.92 Å². The Kier molecular flexibility index (Phi) is 5.32. The summed E-state index contributed by atoms with van der Waals surface area (Å²) in [6.07, 6.45) is 1.67. The van der Waals surface area contributed by atoms with Crippen LogP contribution >= 0.6 is 23.2 Å².